The Hall–Kier alpha value is -0.610. The molecule has 1 N–H and O–H groups in total. The maximum atomic E-state index is 10.8. The van der Waals surface area contributed by atoms with Gasteiger partial charge in [-0.3, -0.25) is 4.79 Å². The summed E-state index contributed by atoms with van der Waals surface area (Å²) in [5.74, 6) is -0.272. The van der Waals surface area contributed by atoms with Crippen molar-refractivity contribution in [1.82, 2.24) is 0 Å². The van der Waals surface area contributed by atoms with Gasteiger partial charge in [-0.25, -0.2) is 0 Å². The lowest BCUT2D eigenvalue weighted by atomic mass is 9.94. The molecule has 1 unspecified atom stereocenters. The van der Waals surface area contributed by atoms with Crippen LogP contribution in [0.25, 0.3) is 0 Å². The molecule has 1 saturated heterocycles. The highest BCUT2D eigenvalue weighted by Gasteiger charge is 2.24. The maximum Gasteiger partial charge on any atom is 0.308 e. The second kappa shape index (κ2) is 5.19. The number of aliphatic hydroxyl groups is 1. The molecule has 1 rings (SSSR count). The van der Waals surface area contributed by atoms with E-state index in [-0.39, 0.29) is 18.3 Å². The Labute approximate surface area is 77.8 Å². The van der Waals surface area contributed by atoms with Crippen LogP contribution in [0.5, 0.6) is 0 Å². The first kappa shape index (κ1) is 10.5. The Morgan fingerprint density at radius 2 is 2.54 bits per heavy atom. The smallest absolute Gasteiger partial charge is 0.308 e. The molecule has 0 radical (unpaired) electrons. The van der Waals surface area contributed by atoms with Crippen molar-refractivity contribution in [2.75, 3.05) is 20.3 Å². The van der Waals surface area contributed by atoms with Crippen LogP contribution in [0.3, 0.4) is 0 Å². The fraction of sp³-hybridized carbons (Fsp3) is 0.889. The fourth-order valence-corrected chi connectivity index (χ4v) is 1.49. The molecule has 0 spiro atoms. The molecule has 0 amide bonds. The largest absolute Gasteiger partial charge is 0.469 e. The third-order valence-corrected chi connectivity index (χ3v) is 2.34. The number of aliphatic hydroxyl groups excluding tert-OH is 1. The van der Waals surface area contributed by atoms with E-state index in [0.29, 0.717) is 6.61 Å². The van der Waals surface area contributed by atoms with Crippen molar-refractivity contribution in [2.45, 2.75) is 25.4 Å². The van der Waals surface area contributed by atoms with Gasteiger partial charge >= 0.3 is 5.97 Å². The summed E-state index contributed by atoms with van der Waals surface area (Å²) >= 11 is 0. The lowest BCUT2D eigenvalue weighted by Gasteiger charge is -2.25. The number of methoxy groups -OCH3 is 1. The van der Waals surface area contributed by atoms with Gasteiger partial charge in [0.05, 0.1) is 26.2 Å². The van der Waals surface area contributed by atoms with Gasteiger partial charge in [-0.2, -0.15) is 0 Å². The minimum absolute atomic E-state index is 0.0739. The van der Waals surface area contributed by atoms with Crippen LogP contribution < -0.4 is 0 Å². The van der Waals surface area contributed by atoms with Crippen LogP contribution in [0.4, 0.5) is 0 Å². The zero-order valence-electron chi connectivity index (χ0n) is 7.86. The van der Waals surface area contributed by atoms with E-state index >= 15 is 0 Å². The van der Waals surface area contributed by atoms with Crippen molar-refractivity contribution in [1.29, 1.82) is 0 Å². The lowest BCUT2D eigenvalue weighted by Crippen LogP contribution is -2.31. The molecule has 1 fully saturated rings. The monoisotopic (exact) mass is 188 g/mol. The van der Waals surface area contributed by atoms with Crippen molar-refractivity contribution in [3.8, 4) is 0 Å². The molecule has 4 heteroatoms. The number of carbonyl (C=O) groups is 1. The topological polar surface area (TPSA) is 55.8 Å². The number of ether oxygens (including phenoxy) is 2. The molecule has 0 aromatic carbocycles. The van der Waals surface area contributed by atoms with Gasteiger partial charge < -0.3 is 14.6 Å². The van der Waals surface area contributed by atoms with E-state index in [9.17, 15) is 9.90 Å². The Morgan fingerprint density at radius 3 is 3.08 bits per heavy atom. The molecule has 4 nitrogen and oxygen atoms in total. The van der Waals surface area contributed by atoms with Crippen LogP contribution in [0.2, 0.25) is 0 Å². The van der Waals surface area contributed by atoms with E-state index in [1.165, 1.54) is 7.11 Å². The Kier molecular flexibility index (Phi) is 4.18. The Balaban J connectivity index is 2.28. The number of hydrogen-bond donors (Lipinski definition) is 1. The average Bonchev–Trinajstić information content (AvgIpc) is 2.19. The highest BCUT2D eigenvalue weighted by Crippen LogP contribution is 2.19. The van der Waals surface area contributed by atoms with Crippen molar-refractivity contribution in [3.05, 3.63) is 0 Å². The summed E-state index contributed by atoms with van der Waals surface area (Å²) in [5.41, 5.74) is 0. The van der Waals surface area contributed by atoms with Gasteiger partial charge in [-0.15, -0.1) is 0 Å². The van der Waals surface area contributed by atoms with Crippen LogP contribution in [-0.4, -0.2) is 37.5 Å². The zero-order valence-corrected chi connectivity index (χ0v) is 7.86. The van der Waals surface area contributed by atoms with Gasteiger partial charge in [-0.1, -0.05) is 0 Å². The summed E-state index contributed by atoms with van der Waals surface area (Å²) in [6.07, 6.45) is 1.35. The predicted octanol–water partition coefficient (Wildman–Crippen LogP) is 0.337. The molecule has 1 heterocycles. The molecule has 1 aliphatic heterocycles. The number of esters is 1. The summed E-state index contributed by atoms with van der Waals surface area (Å²) < 4.78 is 9.68. The molecule has 1 aliphatic rings. The molecule has 2 atom stereocenters. The SMILES string of the molecule is COC(=O)C[C@@H](O)C1CCCOC1. The average molecular weight is 188 g/mol. The normalized spacial score (nSPS) is 25.2. The second-order valence-electron chi connectivity index (χ2n) is 3.32. The van der Waals surface area contributed by atoms with Gasteiger partial charge in [0.2, 0.25) is 0 Å². The number of rotatable bonds is 3. The van der Waals surface area contributed by atoms with Crippen molar-refractivity contribution >= 4 is 5.97 Å². The van der Waals surface area contributed by atoms with Crippen LogP contribution >= 0.6 is 0 Å². The van der Waals surface area contributed by atoms with E-state index in [0.717, 1.165) is 19.4 Å². The van der Waals surface area contributed by atoms with Crippen LogP contribution in [0.1, 0.15) is 19.3 Å². The molecular weight excluding hydrogens is 172 g/mol. The van der Waals surface area contributed by atoms with Crippen molar-refractivity contribution < 1.29 is 19.4 Å². The third-order valence-electron chi connectivity index (χ3n) is 2.34. The first-order valence-electron chi connectivity index (χ1n) is 4.56. The highest BCUT2D eigenvalue weighted by atomic mass is 16.5. The van der Waals surface area contributed by atoms with Crippen LogP contribution in [0.15, 0.2) is 0 Å². The minimum atomic E-state index is -0.618. The van der Waals surface area contributed by atoms with E-state index in [1.807, 2.05) is 0 Å². The van der Waals surface area contributed by atoms with Gasteiger partial charge in [-0.05, 0) is 12.8 Å². The molecule has 0 aromatic heterocycles. The summed E-state index contributed by atoms with van der Waals surface area (Å²) in [6.45, 7) is 1.32. The molecule has 76 valence electrons. The first-order valence-corrected chi connectivity index (χ1v) is 4.56. The van der Waals surface area contributed by atoms with E-state index < -0.39 is 6.10 Å². The standard InChI is InChI=1S/C9H16O4/c1-12-9(11)5-8(10)7-3-2-4-13-6-7/h7-8,10H,2-6H2,1H3/t7?,8-/m1/s1. The number of hydrogen-bond acceptors (Lipinski definition) is 4. The predicted molar refractivity (Wildman–Crippen MR) is 46.2 cm³/mol. The lowest BCUT2D eigenvalue weighted by molar-refractivity contribution is -0.144. The van der Waals surface area contributed by atoms with E-state index in [2.05, 4.69) is 4.74 Å². The summed E-state index contributed by atoms with van der Waals surface area (Å²) in [5, 5.41) is 9.59. The summed E-state index contributed by atoms with van der Waals surface area (Å²) in [7, 11) is 1.33. The van der Waals surface area contributed by atoms with Crippen LogP contribution in [-0.2, 0) is 14.3 Å². The minimum Gasteiger partial charge on any atom is -0.469 e. The summed E-state index contributed by atoms with van der Waals surface area (Å²) in [6, 6.07) is 0. The van der Waals surface area contributed by atoms with Gasteiger partial charge in [0.15, 0.2) is 0 Å². The molecule has 0 bridgehead atoms. The summed E-state index contributed by atoms with van der Waals surface area (Å²) in [4.78, 5) is 10.8. The highest BCUT2D eigenvalue weighted by molar-refractivity contribution is 5.69. The zero-order chi connectivity index (χ0) is 9.68. The van der Waals surface area contributed by atoms with Crippen molar-refractivity contribution in [2.24, 2.45) is 5.92 Å². The quantitative estimate of drug-likeness (QED) is 0.649. The van der Waals surface area contributed by atoms with E-state index in [1.54, 1.807) is 0 Å². The van der Waals surface area contributed by atoms with Gasteiger partial charge in [0.25, 0.3) is 0 Å². The van der Waals surface area contributed by atoms with Gasteiger partial charge in [0.1, 0.15) is 0 Å². The maximum absolute atomic E-state index is 10.8. The Morgan fingerprint density at radius 1 is 1.77 bits per heavy atom. The van der Waals surface area contributed by atoms with Crippen LogP contribution in [0, 0.1) is 5.92 Å². The number of carbonyl (C=O) groups excluding carboxylic acids is 1. The Bertz CT molecular complexity index is 163. The molecular formula is C9H16O4. The van der Waals surface area contributed by atoms with Gasteiger partial charge in [0, 0.05) is 12.5 Å². The van der Waals surface area contributed by atoms with E-state index in [4.69, 9.17) is 4.74 Å². The second-order valence-corrected chi connectivity index (χ2v) is 3.32. The third kappa shape index (κ3) is 3.32. The fourth-order valence-electron chi connectivity index (χ4n) is 1.49. The first-order chi connectivity index (χ1) is 6.24. The molecule has 0 saturated carbocycles. The molecule has 13 heavy (non-hydrogen) atoms. The van der Waals surface area contributed by atoms with Crippen molar-refractivity contribution in [3.63, 3.8) is 0 Å². The molecule has 0 aliphatic carbocycles. The molecule has 0 aromatic rings.